The maximum Gasteiger partial charge on any atom is 0.316 e. The summed E-state index contributed by atoms with van der Waals surface area (Å²) in [7, 11) is 0. The third-order valence-electron chi connectivity index (χ3n) is 1.99. The van der Waals surface area contributed by atoms with Crippen molar-refractivity contribution in [3.8, 4) is 0 Å². The van der Waals surface area contributed by atoms with Gasteiger partial charge in [-0.2, -0.15) is 0 Å². The molecule has 0 bridgehead atoms. The minimum absolute atomic E-state index is 0.0993. The Morgan fingerprint density at radius 3 is 2.71 bits per heavy atom. The first-order valence-electron chi connectivity index (χ1n) is 5.62. The number of carbonyl (C=O) groups is 1. The Hall–Kier alpha value is -1.63. The molecule has 7 nitrogen and oxygen atoms in total. The summed E-state index contributed by atoms with van der Waals surface area (Å²) in [5.74, 6) is 0.352. The minimum Gasteiger partial charge on any atom is -0.408 e. The van der Waals surface area contributed by atoms with Gasteiger partial charge in [-0.25, -0.2) is 0 Å². The molecule has 0 aliphatic carbocycles. The SMILES string of the molecule is CC(C)NC(=O)C(C)Nc1nnc(CCN)o1. The van der Waals surface area contributed by atoms with E-state index in [1.807, 2.05) is 13.8 Å². The van der Waals surface area contributed by atoms with Crippen molar-refractivity contribution < 1.29 is 9.21 Å². The molecule has 1 aromatic rings. The third kappa shape index (κ3) is 4.39. The summed E-state index contributed by atoms with van der Waals surface area (Å²) < 4.78 is 5.26. The zero-order valence-corrected chi connectivity index (χ0v) is 10.4. The van der Waals surface area contributed by atoms with Crippen LogP contribution >= 0.6 is 0 Å². The van der Waals surface area contributed by atoms with E-state index in [-0.39, 0.29) is 18.0 Å². The molecule has 1 unspecified atom stereocenters. The lowest BCUT2D eigenvalue weighted by Gasteiger charge is -2.14. The molecule has 0 aromatic carbocycles. The van der Waals surface area contributed by atoms with E-state index in [1.54, 1.807) is 6.92 Å². The summed E-state index contributed by atoms with van der Waals surface area (Å²) in [4.78, 5) is 11.6. The van der Waals surface area contributed by atoms with Gasteiger partial charge in [0, 0.05) is 19.0 Å². The van der Waals surface area contributed by atoms with Gasteiger partial charge in [0.2, 0.25) is 11.8 Å². The molecular formula is C10H19N5O2. The van der Waals surface area contributed by atoms with Gasteiger partial charge >= 0.3 is 6.01 Å². The second kappa shape index (κ2) is 6.19. The predicted molar refractivity (Wildman–Crippen MR) is 63.4 cm³/mol. The second-order valence-electron chi connectivity index (χ2n) is 4.07. The molecule has 0 radical (unpaired) electrons. The molecule has 1 atom stereocenters. The molecule has 0 aliphatic rings. The molecule has 7 heteroatoms. The second-order valence-corrected chi connectivity index (χ2v) is 4.07. The summed E-state index contributed by atoms with van der Waals surface area (Å²) >= 11 is 0. The van der Waals surface area contributed by atoms with Crippen LogP contribution in [0.25, 0.3) is 0 Å². The number of nitrogens with two attached hydrogens (primary N) is 1. The number of hydrogen-bond acceptors (Lipinski definition) is 6. The molecule has 1 rings (SSSR count). The molecule has 0 fully saturated rings. The first-order chi connectivity index (χ1) is 8.02. The van der Waals surface area contributed by atoms with Gasteiger partial charge in [-0.3, -0.25) is 4.79 Å². The van der Waals surface area contributed by atoms with Crippen LogP contribution in [0.2, 0.25) is 0 Å². The Kier molecular flexibility index (Phi) is 4.89. The molecule has 96 valence electrons. The lowest BCUT2D eigenvalue weighted by Crippen LogP contribution is -2.41. The average Bonchev–Trinajstić information content (AvgIpc) is 2.65. The van der Waals surface area contributed by atoms with E-state index in [9.17, 15) is 4.79 Å². The smallest absolute Gasteiger partial charge is 0.316 e. The fourth-order valence-corrected chi connectivity index (χ4v) is 1.20. The summed E-state index contributed by atoms with van der Waals surface area (Å²) in [5.41, 5.74) is 5.36. The van der Waals surface area contributed by atoms with Crippen molar-refractivity contribution in [3.63, 3.8) is 0 Å². The number of nitrogens with zero attached hydrogens (tertiary/aromatic N) is 2. The van der Waals surface area contributed by atoms with Gasteiger partial charge in [0.15, 0.2) is 0 Å². The monoisotopic (exact) mass is 241 g/mol. The first-order valence-corrected chi connectivity index (χ1v) is 5.62. The first kappa shape index (κ1) is 13.4. The van der Waals surface area contributed by atoms with Crippen LogP contribution in [0.5, 0.6) is 0 Å². The van der Waals surface area contributed by atoms with Crippen molar-refractivity contribution >= 4 is 11.9 Å². The van der Waals surface area contributed by atoms with Gasteiger partial charge < -0.3 is 20.8 Å². The molecule has 1 heterocycles. The summed E-state index contributed by atoms with van der Waals surface area (Å²) in [6, 6.07) is -0.0920. The average molecular weight is 241 g/mol. The van der Waals surface area contributed by atoms with Crippen molar-refractivity contribution in [1.82, 2.24) is 15.5 Å². The number of rotatable bonds is 6. The summed E-state index contributed by atoms with van der Waals surface area (Å²) in [6.07, 6.45) is 0.529. The van der Waals surface area contributed by atoms with Gasteiger partial charge in [0.1, 0.15) is 6.04 Å². The van der Waals surface area contributed by atoms with Gasteiger partial charge in [-0.15, -0.1) is 5.10 Å². The lowest BCUT2D eigenvalue weighted by molar-refractivity contribution is -0.122. The quantitative estimate of drug-likeness (QED) is 0.642. The molecule has 0 spiro atoms. The van der Waals surface area contributed by atoms with E-state index in [1.165, 1.54) is 0 Å². The van der Waals surface area contributed by atoms with E-state index >= 15 is 0 Å². The molecule has 0 aliphatic heterocycles. The molecule has 0 saturated heterocycles. The predicted octanol–water partition coefficient (Wildman–Crippen LogP) is -0.104. The third-order valence-corrected chi connectivity index (χ3v) is 1.99. The van der Waals surface area contributed by atoms with E-state index in [4.69, 9.17) is 10.2 Å². The van der Waals surface area contributed by atoms with Crippen molar-refractivity contribution in [1.29, 1.82) is 0 Å². The van der Waals surface area contributed by atoms with Crippen LogP contribution in [0.4, 0.5) is 6.01 Å². The minimum atomic E-state index is -0.427. The van der Waals surface area contributed by atoms with Crippen LogP contribution in [0.3, 0.4) is 0 Å². The van der Waals surface area contributed by atoms with Gasteiger partial charge in [-0.1, -0.05) is 5.10 Å². The number of hydrogen-bond donors (Lipinski definition) is 3. The number of carbonyl (C=O) groups excluding carboxylic acids is 1. The Morgan fingerprint density at radius 1 is 1.41 bits per heavy atom. The molecule has 0 saturated carbocycles. The molecule has 17 heavy (non-hydrogen) atoms. The summed E-state index contributed by atoms with van der Waals surface area (Å²) in [5, 5.41) is 13.2. The largest absolute Gasteiger partial charge is 0.408 e. The van der Waals surface area contributed by atoms with Crippen LogP contribution in [-0.2, 0) is 11.2 Å². The van der Waals surface area contributed by atoms with Gasteiger partial charge in [0.25, 0.3) is 0 Å². The van der Waals surface area contributed by atoms with Crippen LogP contribution < -0.4 is 16.4 Å². The van der Waals surface area contributed by atoms with Crippen LogP contribution in [-0.4, -0.2) is 34.7 Å². The van der Waals surface area contributed by atoms with Crippen molar-refractivity contribution in [2.75, 3.05) is 11.9 Å². The lowest BCUT2D eigenvalue weighted by atomic mass is 10.3. The Balaban J connectivity index is 2.49. The highest BCUT2D eigenvalue weighted by molar-refractivity contribution is 5.83. The zero-order valence-electron chi connectivity index (χ0n) is 10.4. The van der Waals surface area contributed by atoms with Crippen LogP contribution in [0.15, 0.2) is 4.42 Å². The zero-order chi connectivity index (χ0) is 12.8. The van der Waals surface area contributed by atoms with Crippen molar-refractivity contribution in [2.24, 2.45) is 5.73 Å². The van der Waals surface area contributed by atoms with Gasteiger partial charge in [0.05, 0.1) is 0 Å². The number of anilines is 1. The van der Waals surface area contributed by atoms with Crippen molar-refractivity contribution in [2.45, 2.75) is 39.3 Å². The molecule has 1 amide bonds. The fourth-order valence-electron chi connectivity index (χ4n) is 1.20. The highest BCUT2D eigenvalue weighted by atomic mass is 16.4. The number of aromatic nitrogens is 2. The topological polar surface area (TPSA) is 106 Å². The van der Waals surface area contributed by atoms with Gasteiger partial charge in [-0.05, 0) is 20.8 Å². The standard InChI is InChI=1S/C10H19N5O2/c1-6(2)12-9(16)7(3)13-10-15-14-8(17-10)4-5-11/h6-7H,4-5,11H2,1-3H3,(H,12,16)(H,13,15). The molecular weight excluding hydrogens is 222 g/mol. The normalized spacial score (nSPS) is 12.5. The van der Waals surface area contributed by atoms with Crippen molar-refractivity contribution in [3.05, 3.63) is 5.89 Å². The fraction of sp³-hybridized carbons (Fsp3) is 0.700. The number of amides is 1. The van der Waals surface area contributed by atoms with E-state index < -0.39 is 6.04 Å². The van der Waals surface area contributed by atoms with E-state index in [0.717, 1.165) is 0 Å². The highest BCUT2D eigenvalue weighted by Gasteiger charge is 2.16. The summed E-state index contributed by atoms with van der Waals surface area (Å²) in [6.45, 7) is 5.98. The molecule has 1 aromatic heterocycles. The maximum atomic E-state index is 11.6. The van der Waals surface area contributed by atoms with Crippen LogP contribution in [0.1, 0.15) is 26.7 Å². The maximum absolute atomic E-state index is 11.6. The number of nitrogens with one attached hydrogen (secondary N) is 2. The Labute approximate surface area is 100 Å². The molecule has 4 N–H and O–H groups in total. The van der Waals surface area contributed by atoms with Crippen LogP contribution in [0, 0.1) is 0 Å². The van der Waals surface area contributed by atoms with E-state index in [2.05, 4.69) is 20.8 Å². The van der Waals surface area contributed by atoms with E-state index in [0.29, 0.717) is 18.9 Å². The Bertz CT molecular complexity index is 363. The highest BCUT2D eigenvalue weighted by Crippen LogP contribution is 2.07. The Morgan fingerprint density at radius 2 is 2.12 bits per heavy atom.